The first-order chi connectivity index (χ1) is 16.2. The molecular weight excluding hydrogens is 486 g/mol. The third kappa shape index (κ3) is 4.43. The van der Waals surface area contributed by atoms with E-state index < -0.39 is 35.2 Å². The Morgan fingerprint density at radius 3 is 2.62 bits per heavy atom. The van der Waals surface area contributed by atoms with E-state index in [4.69, 9.17) is 4.74 Å². The van der Waals surface area contributed by atoms with E-state index in [-0.39, 0.29) is 41.5 Å². The fraction of sp³-hybridized carbons (Fsp3) is 0.286. The van der Waals surface area contributed by atoms with Crippen LogP contribution < -0.4 is 5.32 Å². The van der Waals surface area contributed by atoms with Gasteiger partial charge >= 0.3 is 11.9 Å². The summed E-state index contributed by atoms with van der Waals surface area (Å²) in [7, 11) is 0. The summed E-state index contributed by atoms with van der Waals surface area (Å²) in [6, 6.07) is 3.41. The van der Waals surface area contributed by atoms with Gasteiger partial charge in [0.25, 0.3) is 5.91 Å². The molecule has 2 aliphatic heterocycles. The monoisotopic (exact) mass is 505 g/mol. The number of carboxylic acids is 1. The van der Waals surface area contributed by atoms with Gasteiger partial charge in [-0.2, -0.15) is 0 Å². The quantitative estimate of drug-likeness (QED) is 0.316. The number of thioether (sulfide) groups is 1. The number of benzene rings is 1. The molecule has 0 bridgehead atoms. The minimum absolute atomic E-state index is 0.143. The summed E-state index contributed by atoms with van der Waals surface area (Å²) in [5.41, 5.74) is 0.631. The molecule has 1 fully saturated rings. The summed E-state index contributed by atoms with van der Waals surface area (Å²) in [5, 5.41) is 33.5. The van der Waals surface area contributed by atoms with Gasteiger partial charge in [-0.3, -0.25) is 19.3 Å². The molecule has 34 heavy (non-hydrogen) atoms. The van der Waals surface area contributed by atoms with Gasteiger partial charge in [0, 0.05) is 23.6 Å². The number of ether oxygens (including phenoxy) is 1. The molecule has 4 rings (SSSR count). The van der Waals surface area contributed by atoms with Crippen molar-refractivity contribution in [1.82, 2.24) is 15.2 Å². The summed E-state index contributed by atoms with van der Waals surface area (Å²) in [6.07, 6.45) is -0.147. The Balaban J connectivity index is 1.42. The van der Waals surface area contributed by atoms with Crippen molar-refractivity contribution in [3.8, 4) is 22.1 Å². The molecule has 4 N–H and O–H groups in total. The molecule has 0 saturated carbocycles. The van der Waals surface area contributed by atoms with E-state index in [0.29, 0.717) is 16.3 Å². The predicted molar refractivity (Wildman–Crippen MR) is 121 cm³/mol. The van der Waals surface area contributed by atoms with E-state index >= 15 is 0 Å². The van der Waals surface area contributed by atoms with Crippen LogP contribution in [0.2, 0.25) is 0 Å². The molecule has 1 aromatic heterocycles. The van der Waals surface area contributed by atoms with Crippen LogP contribution in [0.1, 0.15) is 12.6 Å². The topological polar surface area (TPSA) is 166 Å². The van der Waals surface area contributed by atoms with Crippen LogP contribution in [-0.2, 0) is 30.3 Å². The Labute approximate surface area is 201 Å². The number of thiazole rings is 1. The lowest BCUT2D eigenvalue weighted by Crippen LogP contribution is -2.70. The maximum absolute atomic E-state index is 12.7. The standard InChI is InChI=1S/C21H19N3O8S2/c1-9(25)32-6-10-7-34-20-16(19(29)24(20)17(10)21(30)31)23-14(28)5-11-8-33-18(22-11)15-12(26)3-2-4-13(15)27/h2-4,8,16,20,26-27H,5-7H2,1H3,(H,23,28)(H,30,31)/t16-,20-/m1/s1. The minimum Gasteiger partial charge on any atom is -0.507 e. The van der Waals surface area contributed by atoms with Crippen molar-refractivity contribution in [2.45, 2.75) is 24.8 Å². The Kier molecular flexibility index (Phi) is 6.48. The number of aromatic hydroxyl groups is 2. The number of carbonyl (C=O) groups is 4. The number of phenolic OH excluding ortho intramolecular Hbond substituents is 2. The first-order valence-electron chi connectivity index (χ1n) is 9.95. The van der Waals surface area contributed by atoms with E-state index in [2.05, 4.69) is 10.3 Å². The van der Waals surface area contributed by atoms with Crippen molar-refractivity contribution in [1.29, 1.82) is 0 Å². The molecule has 2 amide bonds. The maximum Gasteiger partial charge on any atom is 0.352 e. The molecule has 178 valence electrons. The van der Waals surface area contributed by atoms with Crippen LogP contribution in [-0.4, -0.2) is 72.7 Å². The number of carbonyl (C=O) groups excluding carboxylic acids is 3. The Hall–Kier alpha value is -3.58. The number of phenols is 2. The molecule has 2 aliphatic rings. The lowest BCUT2D eigenvalue weighted by atomic mass is 10.0. The molecule has 1 saturated heterocycles. The lowest BCUT2D eigenvalue weighted by molar-refractivity contribution is -0.151. The van der Waals surface area contributed by atoms with Crippen molar-refractivity contribution < 1.29 is 39.2 Å². The van der Waals surface area contributed by atoms with Gasteiger partial charge in [0.05, 0.1) is 17.7 Å². The fourth-order valence-corrected chi connectivity index (χ4v) is 5.83. The zero-order valence-electron chi connectivity index (χ0n) is 17.7. The lowest BCUT2D eigenvalue weighted by Gasteiger charge is -2.49. The van der Waals surface area contributed by atoms with E-state index in [1.54, 1.807) is 5.38 Å². The second kappa shape index (κ2) is 9.35. The smallest absolute Gasteiger partial charge is 0.352 e. The van der Waals surface area contributed by atoms with Crippen LogP contribution in [0.3, 0.4) is 0 Å². The van der Waals surface area contributed by atoms with Crippen molar-refractivity contribution in [2.75, 3.05) is 12.4 Å². The summed E-state index contributed by atoms with van der Waals surface area (Å²) < 4.78 is 4.89. The van der Waals surface area contributed by atoms with Gasteiger partial charge in [0.2, 0.25) is 5.91 Å². The van der Waals surface area contributed by atoms with Gasteiger partial charge in [-0.15, -0.1) is 23.1 Å². The highest BCUT2D eigenvalue weighted by Crippen LogP contribution is 2.41. The SMILES string of the molecule is CC(=O)OCC1=C(C(=O)O)N2C(=O)[C@@H](NC(=O)Cc3csc(-c4c(O)cccc4O)n3)[C@H]2SC1. The second-order valence-corrected chi connectivity index (χ2v) is 9.45. The van der Waals surface area contributed by atoms with Crippen molar-refractivity contribution in [3.63, 3.8) is 0 Å². The molecule has 0 spiro atoms. The molecule has 2 aromatic rings. The number of nitrogens with one attached hydrogen (secondary N) is 1. The van der Waals surface area contributed by atoms with E-state index in [1.807, 2.05) is 0 Å². The van der Waals surface area contributed by atoms with Crippen molar-refractivity contribution in [2.24, 2.45) is 0 Å². The van der Waals surface area contributed by atoms with E-state index in [9.17, 15) is 34.5 Å². The fourth-order valence-electron chi connectivity index (χ4n) is 3.62. The third-order valence-corrected chi connectivity index (χ3v) is 7.39. The number of rotatable bonds is 7. The van der Waals surface area contributed by atoms with Gasteiger partial charge in [-0.05, 0) is 12.1 Å². The van der Waals surface area contributed by atoms with E-state index in [1.165, 1.54) is 36.9 Å². The number of nitrogens with zero attached hydrogens (tertiary/aromatic N) is 2. The van der Waals surface area contributed by atoms with Crippen molar-refractivity contribution in [3.05, 3.63) is 40.5 Å². The molecule has 11 nitrogen and oxygen atoms in total. The molecule has 1 aromatic carbocycles. The molecule has 0 radical (unpaired) electrons. The highest BCUT2D eigenvalue weighted by atomic mass is 32.2. The van der Waals surface area contributed by atoms with Crippen LogP contribution in [0.4, 0.5) is 0 Å². The highest BCUT2D eigenvalue weighted by molar-refractivity contribution is 8.00. The first-order valence-corrected chi connectivity index (χ1v) is 11.9. The van der Waals surface area contributed by atoms with E-state index in [0.717, 1.165) is 16.2 Å². The van der Waals surface area contributed by atoms with Gasteiger partial charge in [0.1, 0.15) is 40.2 Å². The number of amides is 2. The number of esters is 1. The average molecular weight is 506 g/mol. The molecule has 3 heterocycles. The normalized spacial score (nSPS) is 19.3. The summed E-state index contributed by atoms with van der Waals surface area (Å²) in [4.78, 5) is 53.4. The van der Waals surface area contributed by atoms with Crippen LogP contribution in [0, 0.1) is 0 Å². The summed E-state index contributed by atoms with van der Waals surface area (Å²) in [6.45, 7) is 0.979. The van der Waals surface area contributed by atoms with Crippen LogP contribution >= 0.6 is 23.1 Å². The number of aromatic nitrogens is 1. The molecule has 0 aliphatic carbocycles. The third-order valence-electron chi connectivity index (χ3n) is 5.14. The van der Waals surface area contributed by atoms with Crippen molar-refractivity contribution >= 4 is 46.9 Å². The minimum atomic E-state index is -1.31. The van der Waals surface area contributed by atoms with Gasteiger partial charge in [-0.25, -0.2) is 9.78 Å². The molecular formula is C21H19N3O8S2. The van der Waals surface area contributed by atoms with Gasteiger partial charge < -0.3 is 25.4 Å². The highest BCUT2D eigenvalue weighted by Gasteiger charge is 2.54. The number of aliphatic carboxylic acids is 1. The first kappa shape index (κ1) is 23.6. The second-order valence-electron chi connectivity index (χ2n) is 7.48. The zero-order valence-corrected chi connectivity index (χ0v) is 19.3. The number of hydrogen-bond donors (Lipinski definition) is 4. The number of hydrogen-bond acceptors (Lipinski definition) is 10. The van der Waals surface area contributed by atoms with Gasteiger partial charge in [-0.1, -0.05) is 6.07 Å². The predicted octanol–water partition coefficient (Wildman–Crippen LogP) is 1.07. The molecule has 0 unspecified atom stereocenters. The number of fused-ring (bicyclic) bond motifs is 1. The Morgan fingerprint density at radius 2 is 1.97 bits per heavy atom. The summed E-state index contributed by atoms with van der Waals surface area (Å²) in [5.74, 6) is -2.98. The maximum atomic E-state index is 12.7. The Morgan fingerprint density at radius 1 is 1.26 bits per heavy atom. The Bertz CT molecular complexity index is 1200. The zero-order chi connectivity index (χ0) is 24.6. The number of carboxylic acid groups (broad SMARTS) is 1. The van der Waals surface area contributed by atoms with Crippen LogP contribution in [0.15, 0.2) is 34.8 Å². The van der Waals surface area contributed by atoms with Crippen LogP contribution in [0.25, 0.3) is 10.6 Å². The average Bonchev–Trinajstić information content (AvgIpc) is 3.22. The largest absolute Gasteiger partial charge is 0.507 e. The molecule has 2 atom stereocenters. The molecule has 13 heteroatoms. The summed E-state index contributed by atoms with van der Waals surface area (Å²) >= 11 is 2.41. The number of β-lactam (4-membered cyclic amide) rings is 1. The van der Waals surface area contributed by atoms with Gasteiger partial charge in [0.15, 0.2) is 0 Å². The van der Waals surface area contributed by atoms with Crippen LogP contribution in [0.5, 0.6) is 11.5 Å².